The Labute approximate surface area is 300 Å². The van der Waals surface area contributed by atoms with Crippen LogP contribution < -0.4 is 129 Å². The Morgan fingerprint density at radius 2 is 1.35 bits per heavy atom. The molecule has 8 N–H and O–H groups in total. The summed E-state index contributed by atoms with van der Waals surface area (Å²) in [6.45, 7) is -1.14. The number of hydrogen-bond acceptors (Lipinski definition) is 13. The number of aromatic nitrogens is 2. The Bertz CT molecular complexity index is 1210. The van der Waals surface area contributed by atoms with Gasteiger partial charge in [-0.05, 0) is 0 Å². The third-order valence-corrected chi connectivity index (χ3v) is 8.94. The van der Waals surface area contributed by atoms with Crippen LogP contribution in [0.5, 0.6) is 0 Å². The number of aliphatic hydroxyl groups is 2. The third kappa shape index (κ3) is 14.9. The number of nitrogens with zero attached hydrogens (tertiary/aromatic N) is 1. The van der Waals surface area contributed by atoms with Crippen LogP contribution in [0.25, 0.3) is 0 Å². The second kappa shape index (κ2) is 17.4. The molecule has 0 bridgehead atoms. The normalized spacial score (nSPS) is 26.0. The van der Waals surface area contributed by atoms with E-state index in [2.05, 4.69) is 17.5 Å². The molecule has 1 aliphatic rings. The van der Waals surface area contributed by atoms with E-state index >= 15 is 0 Å². The summed E-state index contributed by atoms with van der Waals surface area (Å²) < 4.78 is 65.6. The molecule has 1 fully saturated rings. The van der Waals surface area contributed by atoms with Crippen molar-refractivity contribution in [3.05, 3.63) is 33.1 Å². The van der Waals surface area contributed by atoms with E-state index in [0.29, 0.717) is 4.57 Å². The van der Waals surface area contributed by atoms with Crippen LogP contribution in [0.15, 0.2) is 21.9 Å². The second-order valence-electron chi connectivity index (χ2n) is 6.00. The predicted octanol–water partition coefficient (Wildman–Crippen LogP) is -13.9. The first-order valence-corrected chi connectivity index (χ1v) is 14.0. The molecule has 37 heavy (non-hydrogen) atoms. The van der Waals surface area contributed by atoms with Gasteiger partial charge in [0.25, 0.3) is 5.56 Å². The van der Waals surface area contributed by atoms with E-state index in [4.69, 9.17) is 19.4 Å². The van der Waals surface area contributed by atoms with Crippen molar-refractivity contribution in [2.75, 3.05) is 6.61 Å². The smallest absolute Gasteiger partial charge is 1.00 e. The molecule has 0 aliphatic carbocycles. The van der Waals surface area contributed by atoms with Gasteiger partial charge in [-0.2, -0.15) is 12.9 Å². The van der Waals surface area contributed by atoms with Crippen LogP contribution in [0, 0.1) is 0 Å². The Morgan fingerprint density at radius 3 is 1.84 bits per heavy atom. The average molecular weight is 660 g/mol. The molecule has 198 valence electrons. The van der Waals surface area contributed by atoms with Gasteiger partial charge in [-0.25, -0.2) is 23.1 Å². The van der Waals surface area contributed by atoms with Crippen molar-refractivity contribution in [3.8, 4) is 0 Å². The van der Waals surface area contributed by atoms with Gasteiger partial charge in [0.15, 0.2) is 6.23 Å². The summed E-state index contributed by atoms with van der Waals surface area (Å²) in [7, 11) is -23.4. The molecule has 1 saturated heterocycles. The zero-order valence-electron chi connectivity index (χ0n) is 23.5. The van der Waals surface area contributed by atoms with Gasteiger partial charge in [0, 0.05) is 12.3 Å². The summed E-state index contributed by atoms with van der Waals surface area (Å²) in [5.41, 5.74) is -1.82. The summed E-state index contributed by atoms with van der Waals surface area (Å²) in [6, 6.07) is 0.887. The summed E-state index contributed by atoms with van der Waals surface area (Å²) in [5.74, 6) is 0. The van der Waals surface area contributed by atoms with Gasteiger partial charge in [-0.15, -0.1) is 0 Å². The van der Waals surface area contributed by atoms with Crippen molar-refractivity contribution in [3.63, 3.8) is 0 Å². The predicted molar refractivity (Wildman–Crippen MR) is 102 cm³/mol. The Hall–Kier alpha value is 3.12. The molecule has 0 spiro atoms. The average Bonchev–Trinajstić information content (AvgIpc) is 2.84. The minimum atomic E-state index is -6.03. The van der Waals surface area contributed by atoms with Crippen molar-refractivity contribution in [2.45, 2.75) is 24.5 Å². The number of H-pyrrole nitrogens is 1. The first-order chi connectivity index (χ1) is 14.8. The van der Waals surface area contributed by atoms with Gasteiger partial charge in [-0.3, -0.25) is 18.9 Å². The number of aliphatic hydroxyl groups excluding tert-OH is 2. The third-order valence-electron chi connectivity index (χ3n) is 3.49. The maximum Gasteiger partial charge on any atom is 1.00 e. The summed E-state index contributed by atoms with van der Waals surface area (Å²) in [4.78, 5) is 69.3. The molecule has 3 unspecified atom stereocenters. The van der Waals surface area contributed by atoms with Gasteiger partial charge in [0.1, 0.15) is 18.3 Å². The SMILES string of the molecule is O=c1ccn([C@@H]2O[C@H](COP(=O)(O)OP(=O)(O)OP(=O)(O)OP(=O)(O)O)[C@@H](O)[C@H]2O)c(=O)[nH]1.[H-].[H-].[H-].[H-].[Na+].[Na+].[Na+].[Na+]. The summed E-state index contributed by atoms with van der Waals surface area (Å²) in [6.07, 6.45) is -6.03. The number of phosphoric ester groups is 1. The van der Waals surface area contributed by atoms with E-state index in [-0.39, 0.29) is 124 Å². The van der Waals surface area contributed by atoms with Crippen LogP contribution in [0.2, 0.25) is 0 Å². The maximum atomic E-state index is 11.8. The van der Waals surface area contributed by atoms with Gasteiger partial charge in [0.2, 0.25) is 0 Å². The van der Waals surface area contributed by atoms with Crippen LogP contribution in [0.3, 0.4) is 0 Å². The fourth-order valence-corrected chi connectivity index (χ4v) is 6.80. The molecule has 0 aromatic carbocycles. The van der Waals surface area contributed by atoms with E-state index in [1.807, 2.05) is 4.98 Å². The molecule has 0 amide bonds. The van der Waals surface area contributed by atoms with Gasteiger partial charge >= 0.3 is 155 Å². The molecular formula is C9H20N2Na4O18P4. The van der Waals surface area contributed by atoms with Crippen molar-refractivity contribution < 1.29 is 199 Å². The van der Waals surface area contributed by atoms with E-state index < -0.39 is 73.7 Å². The second-order valence-corrected chi connectivity index (χ2v) is 12.0. The minimum absolute atomic E-state index is 0. The topological polar surface area (TPSA) is 311 Å². The molecular weight excluding hydrogens is 640 g/mol. The van der Waals surface area contributed by atoms with E-state index in [0.717, 1.165) is 12.3 Å². The number of nitrogens with one attached hydrogen (secondary N) is 1. The number of ether oxygens (including phenoxy) is 1. The fourth-order valence-electron chi connectivity index (χ4n) is 2.34. The van der Waals surface area contributed by atoms with Crippen molar-refractivity contribution in [1.29, 1.82) is 0 Å². The van der Waals surface area contributed by atoms with Gasteiger partial charge in [-0.1, -0.05) is 0 Å². The fraction of sp³-hybridized carbons (Fsp3) is 0.556. The van der Waals surface area contributed by atoms with Crippen molar-refractivity contribution in [2.24, 2.45) is 0 Å². The molecule has 28 heteroatoms. The maximum absolute atomic E-state index is 11.8. The summed E-state index contributed by atoms with van der Waals surface area (Å²) >= 11 is 0. The molecule has 7 atom stereocenters. The molecule has 20 nitrogen and oxygen atoms in total. The zero-order valence-corrected chi connectivity index (χ0v) is 31.1. The van der Waals surface area contributed by atoms with E-state index in [1.54, 1.807) is 0 Å². The van der Waals surface area contributed by atoms with Gasteiger partial charge < -0.3 is 45.1 Å². The largest absolute Gasteiger partial charge is 1.00 e. The quantitative estimate of drug-likeness (QED) is 0.0853. The number of phosphoric acid groups is 4. The van der Waals surface area contributed by atoms with Crippen LogP contribution in [0.1, 0.15) is 11.9 Å². The zero-order chi connectivity index (χ0) is 25.4. The number of hydrogen-bond donors (Lipinski definition) is 8. The van der Waals surface area contributed by atoms with Crippen LogP contribution in [0.4, 0.5) is 0 Å². The standard InChI is InChI=1S/C9H16N2O18P4.4Na.4H/c12-5-1-2-11(9(15)10-5)8-7(14)6(13)4(26-8)3-25-31(19,20)28-33(23,24)29-32(21,22)27-30(16,17)18;;;;;;;;/h1-2,4,6-8,13-14H,3H2,(H,19,20)(H,21,22)(H,23,24)(H,10,12,15)(H2,16,17,18);;;;;;;;/q;4*+1;4*-1/t4-,6-,7-,8-;;;;;;;;/m1......../s1. The number of rotatable bonds is 10. The van der Waals surface area contributed by atoms with Crippen molar-refractivity contribution in [1.82, 2.24) is 9.55 Å². The molecule has 0 radical (unpaired) electrons. The molecule has 1 aromatic rings. The Balaban J connectivity index is -0.000000289. The van der Waals surface area contributed by atoms with Crippen LogP contribution >= 0.6 is 31.3 Å². The van der Waals surface area contributed by atoms with Crippen molar-refractivity contribution >= 4 is 31.3 Å². The summed E-state index contributed by atoms with van der Waals surface area (Å²) in [5, 5.41) is 20.0. The van der Waals surface area contributed by atoms with E-state index in [1.165, 1.54) is 0 Å². The van der Waals surface area contributed by atoms with Crippen LogP contribution in [-0.4, -0.2) is 69.1 Å². The first kappa shape index (κ1) is 44.6. The minimum Gasteiger partial charge on any atom is -1.00 e. The monoisotopic (exact) mass is 660 g/mol. The molecule has 2 rings (SSSR count). The molecule has 1 aromatic heterocycles. The first-order valence-electron chi connectivity index (χ1n) is 7.96. The van der Waals surface area contributed by atoms with Crippen LogP contribution in [-0.2, 0) is 40.5 Å². The number of aromatic amines is 1. The van der Waals surface area contributed by atoms with E-state index in [9.17, 15) is 47.8 Å². The molecule has 2 heterocycles. The molecule has 1 aliphatic heterocycles. The Morgan fingerprint density at radius 1 is 0.865 bits per heavy atom. The van der Waals surface area contributed by atoms with Gasteiger partial charge in [0.05, 0.1) is 6.61 Å². The Kier molecular flexibility index (Phi) is 21.0. The molecule has 0 saturated carbocycles.